The normalized spacial score (nSPS) is 44.6. The fourth-order valence-electron chi connectivity index (χ4n) is 3.82. The van der Waals surface area contributed by atoms with Crippen LogP contribution in [0.15, 0.2) is 11.1 Å². The van der Waals surface area contributed by atoms with Crippen LogP contribution in [0.25, 0.3) is 0 Å². The molecule has 8 heteroatoms. The molecular weight excluding hydrogens is 332 g/mol. The number of hydrogen-bond acceptors (Lipinski definition) is 8. The maximum atomic E-state index is 12.4. The minimum Gasteiger partial charge on any atom is -0.457 e. The first-order valence-corrected chi connectivity index (χ1v) is 8.43. The van der Waals surface area contributed by atoms with Crippen molar-refractivity contribution in [1.29, 1.82) is 0 Å². The number of Topliss-reactive ketones (excluding diaryl/α,β-unsaturated/α-hetero) is 1. The maximum Gasteiger partial charge on any atom is 0.303 e. The van der Waals surface area contributed by atoms with E-state index < -0.39 is 41.5 Å². The van der Waals surface area contributed by atoms with Crippen LogP contribution >= 0.6 is 0 Å². The van der Waals surface area contributed by atoms with E-state index in [4.69, 9.17) is 14.2 Å². The van der Waals surface area contributed by atoms with Crippen molar-refractivity contribution in [2.75, 3.05) is 6.61 Å². The third kappa shape index (κ3) is 2.82. The number of carbonyl (C=O) groups is 2. The summed E-state index contributed by atoms with van der Waals surface area (Å²) in [5, 5.41) is 31.3. The summed E-state index contributed by atoms with van der Waals surface area (Å²) in [4.78, 5) is 23.9. The van der Waals surface area contributed by atoms with Crippen LogP contribution in [0, 0.1) is 0 Å². The van der Waals surface area contributed by atoms with Gasteiger partial charge in [0.25, 0.3) is 0 Å². The lowest BCUT2D eigenvalue weighted by Gasteiger charge is -2.51. The molecule has 2 heterocycles. The number of ketones is 1. The summed E-state index contributed by atoms with van der Waals surface area (Å²) < 4.78 is 16.9. The van der Waals surface area contributed by atoms with Gasteiger partial charge < -0.3 is 29.5 Å². The number of carbonyl (C=O) groups excluding carboxylic acids is 2. The fourth-order valence-corrected chi connectivity index (χ4v) is 3.82. The molecule has 0 aromatic rings. The zero-order valence-corrected chi connectivity index (χ0v) is 14.5. The average Bonchev–Trinajstić information content (AvgIpc) is 2.52. The molecule has 25 heavy (non-hydrogen) atoms. The Bertz CT molecular complexity index is 624. The Morgan fingerprint density at radius 2 is 2.00 bits per heavy atom. The van der Waals surface area contributed by atoms with Crippen LogP contribution in [0.4, 0.5) is 0 Å². The summed E-state index contributed by atoms with van der Waals surface area (Å²) in [6.07, 6.45) is -2.84. The maximum absolute atomic E-state index is 12.4. The van der Waals surface area contributed by atoms with E-state index in [1.807, 2.05) is 6.92 Å². The van der Waals surface area contributed by atoms with Gasteiger partial charge in [0.15, 0.2) is 17.5 Å². The number of esters is 1. The van der Waals surface area contributed by atoms with Gasteiger partial charge in [-0.1, -0.05) is 0 Å². The van der Waals surface area contributed by atoms with Crippen molar-refractivity contribution >= 4 is 11.8 Å². The van der Waals surface area contributed by atoms with Gasteiger partial charge in [-0.2, -0.15) is 0 Å². The average molecular weight is 356 g/mol. The van der Waals surface area contributed by atoms with E-state index in [1.54, 1.807) is 0 Å². The third-order valence-electron chi connectivity index (χ3n) is 5.31. The molecule has 0 radical (unpaired) electrons. The lowest BCUT2D eigenvalue weighted by atomic mass is 9.73. The molecule has 0 amide bonds. The van der Waals surface area contributed by atoms with Crippen molar-refractivity contribution in [2.24, 2.45) is 0 Å². The predicted octanol–water partition coefficient (Wildman–Crippen LogP) is -0.414. The van der Waals surface area contributed by atoms with Crippen molar-refractivity contribution in [3.05, 3.63) is 11.1 Å². The molecule has 3 rings (SSSR count). The van der Waals surface area contributed by atoms with Gasteiger partial charge in [0.2, 0.25) is 5.79 Å². The molecular formula is C17H24O8. The molecule has 1 saturated heterocycles. The van der Waals surface area contributed by atoms with Crippen molar-refractivity contribution in [2.45, 2.75) is 75.8 Å². The number of hydrogen-bond donors (Lipinski definition) is 3. The zero-order chi connectivity index (χ0) is 18.6. The largest absolute Gasteiger partial charge is 0.457 e. The molecule has 1 spiro atoms. The van der Waals surface area contributed by atoms with E-state index in [0.29, 0.717) is 12.8 Å². The van der Waals surface area contributed by atoms with Crippen LogP contribution < -0.4 is 0 Å². The molecule has 3 N–H and O–H groups in total. The van der Waals surface area contributed by atoms with Crippen LogP contribution in [-0.2, 0) is 23.8 Å². The SMILES string of the molecule is CC(=O)O[C@H]1CC[C@H](C)O[C@@]12OCC1=C(C[C@@H](O)[C@@](C)(O)C1=O)C2O. The van der Waals surface area contributed by atoms with Crippen molar-refractivity contribution in [3.63, 3.8) is 0 Å². The van der Waals surface area contributed by atoms with E-state index in [0.717, 1.165) is 0 Å². The van der Waals surface area contributed by atoms with Gasteiger partial charge in [0.05, 0.1) is 18.8 Å². The molecule has 0 bridgehead atoms. The van der Waals surface area contributed by atoms with Gasteiger partial charge in [-0.05, 0) is 32.3 Å². The number of rotatable bonds is 1. The standard InChI is InChI=1S/C17H24O8/c1-8-4-5-13(24-9(2)18)17(25-8)15(21)10-6-12(19)16(3,22)14(20)11(10)7-23-17/h8,12-13,15,19,21-22H,4-7H2,1-3H3/t8-,12+,13-,15?,16+,17-/m0/s1. The van der Waals surface area contributed by atoms with E-state index >= 15 is 0 Å². The summed E-state index contributed by atoms with van der Waals surface area (Å²) in [5.74, 6) is -2.82. The molecule has 8 nitrogen and oxygen atoms in total. The Morgan fingerprint density at radius 1 is 1.32 bits per heavy atom. The minimum absolute atomic E-state index is 0.0924. The molecule has 6 atom stereocenters. The second-order valence-corrected chi connectivity index (χ2v) is 7.22. The molecule has 0 saturated carbocycles. The Kier molecular flexibility index (Phi) is 4.53. The second-order valence-electron chi connectivity index (χ2n) is 7.22. The highest BCUT2D eigenvalue weighted by Gasteiger charge is 2.59. The van der Waals surface area contributed by atoms with Gasteiger partial charge in [-0.25, -0.2) is 0 Å². The molecule has 140 valence electrons. The Balaban J connectivity index is 2.00. The Hall–Kier alpha value is -1.32. The smallest absolute Gasteiger partial charge is 0.303 e. The summed E-state index contributed by atoms with van der Waals surface area (Å²) >= 11 is 0. The topological polar surface area (TPSA) is 123 Å². The zero-order valence-electron chi connectivity index (χ0n) is 14.5. The minimum atomic E-state index is -1.93. The first-order chi connectivity index (χ1) is 11.6. The molecule has 0 aromatic carbocycles. The van der Waals surface area contributed by atoms with E-state index in [9.17, 15) is 24.9 Å². The first kappa shape index (κ1) is 18.5. The molecule has 1 unspecified atom stereocenters. The van der Waals surface area contributed by atoms with Gasteiger partial charge >= 0.3 is 5.97 Å². The number of ether oxygens (including phenoxy) is 3. The van der Waals surface area contributed by atoms with Crippen molar-refractivity contribution in [1.82, 2.24) is 0 Å². The number of aliphatic hydroxyl groups is 3. The van der Waals surface area contributed by atoms with E-state index in [-0.39, 0.29) is 30.3 Å². The van der Waals surface area contributed by atoms with Gasteiger partial charge in [-0.3, -0.25) is 9.59 Å². The number of aliphatic hydroxyl groups excluding tert-OH is 2. The van der Waals surface area contributed by atoms with Gasteiger partial charge in [-0.15, -0.1) is 0 Å². The summed E-state index contributed by atoms with van der Waals surface area (Å²) in [6.45, 7) is 4.12. The molecule has 1 aliphatic carbocycles. The van der Waals surface area contributed by atoms with Crippen LogP contribution in [0.2, 0.25) is 0 Å². The van der Waals surface area contributed by atoms with Crippen LogP contribution in [-0.4, -0.2) is 69.5 Å². The third-order valence-corrected chi connectivity index (χ3v) is 5.31. The lowest BCUT2D eigenvalue weighted by molar-refractivity contribution is -0.350. The van der Waals surface area contributed by atoms with Gasteiger partial charge in [0, 0.05) is 18.9 Å². The highest BCUT2D eigenvalue weighted by Crippen LogP contribution is 2.45. The second kappa shape index (κ2) is 6.14. The molecule has 1 fully saturated rings. The monoisotopic (exact) mass is 356 g/mol. The van der Waals surface area contributed by atoms with Crippen molar-refractivity contribution < 1.29 is 39.1 Å². The van der Waals surface area contributed by atoms with E-state index in [1.165, 1.54) is 13.8 Å². The fraction of sp³-hybridized carbons (Fsp3) is 0.765. The molecule has 0 aromatic heterocycles. The van der Waals surface area contributed by atoms with E-state index in [2.05, 4.69) is 0 Å². The molecule has 2 aliphatic heterocycles. The molecule has 3 aliphatic rings. The van der Waals surface area contributed by atoms with Gasteiger partial charge in [0.1, 0.15) is 6.10 Å². The summed E-state index contributed by atoms with van der Waals surface area (Å²) in [6, 6.07) is 0. The Morgan fingerprint density at radius 3 is 2.64 bits per heavy atom. The van der Waals surface area contributed by atoms with Crippen LogP contribution in [0.3, 0.4) is 0 Å². The summed E-state index contributed by atoms with van der Waals surface area (Å²) in [5.41, 5.74) is -1.53. The predicted molar refractivity (Wildman–Crippen MR) is 83.3 cm³/mol. The first-order valence-electron chi connectivity index (χ1n) is 8.43. The highest BCUT2D eigenvalue weighted by atomic mass is 16.7. The quantitative estimate of drug-likeness (QED) is 0.542. The van der Waals surface area contributed by atoms with Crippen LogP contribution in [0.5, 0.6) is 0 Å². The Labute approximate surface area is 145 Å². The van der Waals surface area contributed by atoms with Crippen LogP contribution in [0.1, 0.15) is 40.0 Å². The van der Waals surface area contributed by atoms with Crippen molar-refractivity contribution in [3.8, 4) is 0 Å². The lowest BCUT2D eigenvalue weighted by Crippen LogP contribution is -2.66. The highest BCUT2D eigenvalue weighted by molar-refractivity contribution is 6.04. The summed E-state index contributed by atoms with van der Waals surface area (Å²) in [7, 11) is 0.